The molecule has 0 bridgehead atoms. The Morgan fingerprint density at radius 2 is 1.80 bits per heavy atom. The number of pyridine rings is 1. The second-order valence-corrected chi connectivity index (χ2v) is 5.57. The Labute approximate surface area is 125 Å². The normalized spacial score (nSPS) is 10.4. The summed E-state index contributed by atoms with van der Waals surface area (Å²) in [4.78, 5) is 16.6. The molecule has 6 heteroatoms. The van der Waals surface area contributed by atoms with Crippen molar-refractivity contribution in [3.63, 3.8) is 0 Å². The highest BCUT2D eigenvalue weighted by molar-refractivity contribution is 9.10. The summed E-state index contributed by atoms with van der Waals surface area (Å²) >= 11 is 3.21. The average Bonchev–Trinajstić information content (AvgIpc) is 2.36. The van der Waals surface area contributed by atoms with Crippen molar-refractivity contribution < 1.29 is 4.92 Å². The van der Waals surface area contributed by atoms with Crippen LogP contribution >= 0.6 is 15.9 Å². The molecule has 0 unspecified atom stereocenters. The van der Waals surface area contributed by atoms with Crippen LogP contribution in [0.3, 0.4) is 0 Å². The number of aryl methyl sites for hydroxylation is 2. The molecule has 20 heavy (non-hydrogen) atoms. The molecule has 0 radical (unpaired) electrons. The van der Waals surface area contributed by atoms with Gasteiger partial charge in [-0.1, -0.05) is 6.07 Å². The van der Waals surface area contributed by atoms with Crippen LogP contribution in [0.1, 0.15) is 11.1 Å². The van der Waals surface area contributed by atoms with Crippen molar-refractivity contribution >= 4 is 33.1 Å². The summed E-state index contributed by atoms with van der Waals surface area (Å²) in [5.41, 5.74) is 3.06. The number of halogens is 1. The van der Waals surface area contributed by atoms with Crippen LogP contribution in [0.25, 0.3) is 0 Å². The van der Waals surface area contributed by atoms with E-state index in [1.54, 1.807) is 18.1 Å². The number of hydrogen-bond donors (Lipinski definition) is 0. The van der Waals surface area contributed by atoms with Crippen molar-refractivity contribution in [2.75, 3.05) is 11.9 Å². The van der Waals surface area contributed by atoms with Gasteiger partial charge in [0.1, 0.15) is 0 Å². The van der Waals surface area contributed by atoms with Gasteiger partial charge in [-0.25, -0.2) is 4.98 Å². The maximum absolute atomic E-state index is 11.2. The molecule has 0 spiro atoms. The zero-order valence-corrected chi connectivity index (χ0v) is 13.0. The Balaban J connectivity index is 2.52. The molecule has 104 valence electrons. The molecular weight excluding hydrogens is 322 g/mol. The monoisotopic (exact) mass is 335 g/mol. The van der Waals surface area contributed by atoms with Gasteiger partial charge in [-0.15, -0.1) is 0 Å². The molecule has 0 saturated heterocycles. The number of nitro groups is 1. The minimum atomic E-state index is -0.424. The maximum Gasteiger partial charge on any atom is 0.313 e. The molecule has 0 aliphatic heterocycles. The van der Waals surface area contributed by atoms with Crippen LogP contribution in [0.5, 0.6) is 0 Å². The number of benzene rings is 1. The molecule has 1 aromatic heterocycles. The summed E-state index contributed by atoms with van der Waals surface area (Å²) in [5, 5.41) is 11.2. The fraction of sp³-hybridized carbons (Fsp3) is 0.214. The molecule has 0 aliphatic rings. The quantitative estimate of drug-likeness (QED) is 0.624. The highest BCUT2D eigenvalue weighted by atomic mass is 79.9. The molecule has 2 aromatic rings. The fourth-order valence-electron chi connectivity index (χ4n) is 2.08. The summed E-state index contributed by atoms with van der Waals surface area (Å²) < 4.78 is 0.585. The third-order valence-electron chi connectivity index (χ3n) is 2.92. The van der Waals surface area contributed by atoms with E-state index in [9.17, 15) is 10.1 Å². The van der Waals surface area contributed by atoms with Crippen LogP contribution in [-0.4, -0.2) is 17.0 Å². The lowest BCUT2D eigenvalue weighted by molar-refractivity contribution is -0.384. The van der Waals surface area contributed by atoms with E-state index in [1.807, 2.05) is 26.0 Å². The van der Waals surface area contributed by atoms with Crippen molar-refractivity contribution in [1.82, 2.24) is 4.98 Å². The van der Waals surface area contributed by atoms with Gasteiger partial charge in [0.25, 0.3) is 0 Å². The molecule has 2 rings (SSSR count). The summed E-state index contributed by atoms with van der Waals surface area (Å²) in [5.74, 6) is 0.322. The lowest BCUT2D eigenvalue weighted by Gasteiger charge is -2.19. The highest BCUT2D eigenvalue weighted by Crippen LogP contribution is 2.32. The van der Waals surface area contributed by atoms with E-state index in [-0.39, 0.29) is 5.69 Å². The van der Waals surface area contributed by atoms with E-state index in [1.165, 1.54) is 6.07 Å². The molecule has 0 N–H and O–H groups in total. The number of aromatic nitrogens is 1. The van der Waals surface area contributed by atoms with E-state index >= 15 is 0 Å². The maximum atomic E-state index is 11.2. The van der Waals surface area contributed by atoms with Gasteiger partial charge in [0, 0.05) is 29.5 Å². The van der Waals surface area contributed by atoms with E-state index in [0.717, 1.165) is 16.8 Å². The lowest BCUT2D eigenvalue weighted by Crippen LogP contribution is -2.13. The van der Waals surface area contributed by atoms with E-state index in [2.05, 4.69) is 27.0 Å². The molecule has 0 saturated carbocycles. The van der Waals surface area contributed by atoms with Gasteiger partial charge in [-0.05, 0) is 53.0 Å². The van der Waals surface area contributed by atoms with Gasteiger partial charge < -0.3 is 4.90 Å². The van der Waals surface area contributed by atoms with Crippen LogP contribution in [0, 0.1) is 24.0 Å². The van der Waals surface area contributed by atoms with Crippen molar-refractivity contribution in [3.8, 4) is 0 Å². The van der Waals surface area contributed by atoms with Crippen molar-refractivity contribution in [2.45, 2.75) is 13.8 Å². The largest absolute Gasteiger partial charge is 0.324 e. The third-order valence-corrected chi connectivity index (χ3v) is 3.36. The van der Waals surface area contributed by atoms with Crippen molar-refractivity contribution in [1.29, 1.82) is 0 Å². The molecule has 0 amide bonds. The Hall–Kier alpha value is -1.95. The summed E-state index contributed by atoms with van der Waals surface area (Å²) in [6.07, 6.45) is 1.56. The van der Waals surface area contributed by atoms with E-state index in [0.29, 0.717) is 10.3 Å². The van der Waals surface area contributed by atoms with Crippen LogP contribution < -0.4 is 4.90 Å². The first kappa shape index (κ1) is 14.5. The number of rotatable bonds is 3. The first-order chi connectivity index (χ1) is 9.38. The van der Waals surface area contributed by atoms with Gasteiger partial charge in [0.05, 0.1) is 4.92 Å². The van der Waals surface area contributed by atoms with Gasteiger partial charge in [-0.3, -0.25) is 10.1 Å². The smallest absolute Gasteiger partial charge is 0.313 e. The van der Waals surface area contributed by atoms with Crippen molar-refractivity contribution in [3.05, 3.63) is 56.2 Å². The number of anilines is 2. The second-order valence-electron chi connectivity index (χ2n) is 4.66. The molecule has 0 fully saturated rings. The first-order valence-electron chi connectivity index (χ1n) is 6.00. The van der Waals surface area contributed by atoms with Gasteiger partial charge >= 0.3 is 5.69 Å². The first-order valence-corrected chi connectivity index (χ1v) is 6.80. The lowest BCUT2D eigenvalue weighted by atomic mass is 10.1. The van der Waals surface area contributed by atoms with E-state index < -0.39 is 4.92 Å². The van der Waals surface area contributed by atoms with Gasteiger partial charge in [-0.2, -0.15) is 0 Å². The number of hydrogen-bond acceptors (Lipinski definition) is 4. The molecule has 1 aromatic carbocycles. The van der Waals surface area contributed by atoms with E-state index in [4.69, 9.17) is 0 Å². The van der Waals surface area contributed by atoms with Crippen LogP contribution in [0.15, 0.2) is 34.9 Å². The topological polar surface area (TPSA) is 59.3 Å². The SMILES string of the molecule is Cc1cc(C)cc(N(C)c2ncc(Br)cc2[N+](=O)[O-])c1. The van der Waals surface area contributed by atoms with Crippen molar-refractivity contribution in [2.24, 2.45) is 0 Å². The molecule has 5 nitrogen and oxygen atoms in total. The van der Waals surface area contributed by atoms with Crippen LogP contribution in [0.4, 0.5) is 17.2 Å². The summed E-state index contributed by atoms with van der Waals surface area (Å²) in [7, 11) is 1.78. The van der Waals surface area contributed by atoms with Crippen LogP contribution in [0.2, 0.25) is 0 Å². The zero-order valence-electron chi connectivity index (χ0n) is 11.4. The van der Waals surface area contributed by atoms with Gasteiger partial charge in [0.2, 0.25) is 5.82 Å². The second kappa shape index (κ2) is 5.58. The predicted molar refractivity (Wildman–Crippen MR) is 82.6 cm³/mol. The Bertz CT molecular complexity index is 653. The van der Waals surface area contributed by atoms with Gasteiger partial charge in [0.15, 0.2) is 0 Å². The standard InChI is InChI=1S/C14H14BrN3O2/c1-9-4-10(2)6-12(5-9)17(3)14-13(18(19)20)7-11(15)8-16-14/h4-8H,1-3H3. The minimum Gasteiger partial charge on any atom is -0.324 e. The third kappa shape index (κ3) is 2.96. The minimum absolute atomic E-state index is 0.0268. The molecular formula is C14H14BrN3O2. The highest BCUT2D eigenvalue weighted by Gasteiger charge is 2.20. The fourth-order valence-corrected chi connectivity index (χ4v) is 2.40. The molecule has 1 heterocycles. The van der Waals surface area contributed by atoms with Crippen LogP contribution in [-0.2, 0) is 0 Å². The Morgan fingerprint density at radius 1 is 1.20 bits per heavy atom. The zero-order chi connectivity index (χ0) is 14.9. The summed E-state index contributed by atoms with van der Waals surface area (Å²) in [6.45, 7) is 3.99. The molecule has 0 atom stereocenters. The Morgan fingerprint density at radius 3 is 2.35 bits per heavy atom. The average molecular weight is 336 g/mol. The Kier molecular flexibility index (Phi) is 4.04. The molecule has 0 aliphatic carbocycles. The predicted octanol–water partition coefficient (Wildman–Crippen LogP) is 4.14. The summed E-state index contributed by atoms with van der Waals surface area (Å²) in [6, 6.07) is 7.46. The number of nitrogens with zero attached hydrogens (tertiary/aromatic N) is 3.